The monoisotopic (exact) mass is 312 g/mol. The second kappa shape index (κ2) is 7.31. The maximum absolute atomic E-state index is 11.9. The largest absolute Gasteiger partial charge is 0.291 e. The minimum atomic E-state index is -0.362. The van der Waals surface area contributed by atoms with Gasteiger partial charge in [-0.3, -0.25) is 9.78 Å². The summed E-state index contributed by atoms with van der Waals surface area (Å²) >= 11 is 0. The van der Waals surface area contributed by atoms with E-state index in [9.17, 15) is 4.79 Å². The number of nitrogens with zero attached hydrogens (tertiary/aromatic N) is 3. The van der Waals surface area contributed by atoms with Gasteiger partial charge in [0, 0.05) is 12.4 Å². The SMILES string of the molecule is CC(/C=C\C1=C(C)CCCC1(C)C)=NNC(=O)c1cnccn1. The number of hydrogen-bond donors (Lipinski definition) is 1. The number of hydrazone groups is 1. The van der Waals surface area contributed by atoms with Crippen LogP contribution in [0.5, 0.6) is 0 Å². The third-order valence-corrected chi connectivity index (χ3v) is 4.16. The van der Waals surface area contributed by atoms with Crippen LogP contribution in [0.15, 0.2) is 47.0 Å². The second-order valence-corrected chi connectivity index (χ2v) is 6.55. The van der Waals surface area contributed by atoms with Crippen molar-refractivity contribution in [3.63, 3.8) is 0 Å². The summed E-state index contributed by atoms with van der Waals surface area (Å²) in [6.45, 7) is 8.61. The molecule has 1 aliphatic rings. The Labute approximate surface area is 137 Å². The normalized spacial score (nSPS) is 18.3. The molecule has 1 aromatic heterocycles. The van der Waals surface area contributed by atoms with Crippen molar-refractivity contribution in [1.82, 2.24) is 15.4 Å². The summed E-state index contributed by atoms with van der Waals surface area (Å²) in [6.07, 6.45) is 12.1. The van der Waals surface area contributed by atoms with E-state index in [0.717, 1.165) is 12.1 Å². The molecule has 1 heterocycles. The lowest BCUT2D eigenvalue weighted by atomic mass is 9.72. The van der Waals surface area contributed by atoms with Crippen LogP contribution in [0.4, 0.5) is 0 Å². The second-order valence-electron chi connectivity index (χ2n) is 6.55. The molecule has 0 unspecified atom stereocenters. The van der Waals surface area contributed by atoms with Crippen LogP contribution in [-0.4, -0.2) is 21.6 Å². The molecular formula is C18H24N4O. The third-order valence-electron chi connectivity index (χ3n) is 4.16. The van der Waals surface area contributed by atoms with E-state index in [4.69, 9.17) is 0 Å². The summed E-state index contributed by atoms with van der Waals surface area (Å²) in [7, 11) is 0. The predicted octanol–water partition coefficient (Wildman–Crippen LogP) is 3.67. The first-order valence-electron chi connectivity index (χ1n) is 7.89. The lowest BCUT2D eigenvalue weighted by molar-refractivity contribution is 0.0949. The average Bonchev–Trinajstić information content (AvgIpc) is 2.52. The molecule has 0 saturated heterocycles. The highest BCUT2D eigenvalue weighted by molar-refractivity contribution is 5.96. The lowest BCUT2D eigenvalue weighted by Crippen LogP contribution is -2.20. The average molecular weight is 312 g/mol. The van der Waals surface area contributed by atoms with E-state index >= 15 is 0 Å². The zero-order valence-corrected chi connectivity index (χ0v) is 14.3. The van der Waals surface area contributed by atoms with Gasteiger partial charge in [0.2, 0.25) is 0 Å². The van der Waals surface area contributed by atoms with E-state index in [2.05, 4.69) is 47.3 Å². The molecule has 2 rings (SSSR count). The number of rotatable bonds is 4. The Bertz CT molecular complexity index is 657. The fourth-order valence-electron chi connectivity index (χ4n) is 2.86. The van der Waals surface area contributed by atoms with Crippen LogP contribution < -0.4 is 5.43 Å². The summed E-state index contributed by atoms with van der Waals surface area (Å²) in [6, 6.07) is 0. The quantitative estimate of drug-likeness (QED) is 0.681. The molecule has 1 aromatic rings. The van der Waals surface area contributed by atoms with E-state index in [-0.39, 0.29) is 17.0 Å². The molecule has 5 nitrogen and oxygen atoms in total. The van der Waals surface area contributed by atoms with E-state index < -0.39 is 0 Å². The minimum absolute atomic E-state index is 0.196. The fourth-order valence-corrected chi connectivity index (χ4v) is 2.86. The maximum atomic E-state index is 11.9. The maximum Gasteiger partial charge on any atom is 0.291 e. The summed E-state index contributed by atoms with van der Waals surface area (Å²) in [5, 5.41) is 4.10. The van der Waals surface area contributed by atoms with E-state index in [1.807, 2.05) is 13.0 Å². The molecule has 1 N–H and O–H groups in total. The topological polar surface area (TPSA) is 67.2 Å². The van der Waals surface area contributed by atoms with Crippen LogP contribution in [0.25, 0.3) is 0 Å². The molecule has 23 heavy (non-hydrogen) atoms. The molecule has 122 valence electrons. The number of aromatic nitrogens is 2. The highest BCUT2D eigenvalue weighted by Gasteiger charge is 2.26. The van der Waals surface area contributed by atoms with Crippen LogP contribution >= 0.6 is 0 Å². The fraction of sp³-hybridized carbons (Fsp3) is 0.444. The zero-order valence-electron chi connectivity index (χ0n) is 14.3. The Morgan fingerprint density at radius 2 is 2.17 bits per heavy atom. The van der Waals surface area contributed by atoms with Crippen molar-refractivity contribution in [2.75, 3.05) is 0 Å². The van der Waals surface area contributed by atoms with Crippen LogP contribution in [0.2, 0.25) is 0 Å². The molecule has 0 aliphatic heterocycles. The van der Waals surface area contributed by atoms with Crippen LogP contribution in [0.1, 0.15) is 57.4 Å². The predicted molar refractivity (Wildman–Crippen MR) is 92.1 cm³/mol. The molecular weight excluding hydrogens is 288 g/mol. The highest BCUT2D eigenvalue weighted by Crippen LogP contribution is 2.40. The number of carbonyl (C=O) groups excluding carboxylic acids is 1. The Morgan fingerprint density at radius 1 is 1.39 bits per heavy atom. The zero-order chi connectivity index (χ0) is 16.9. The van der Waals surface area contributed by atoms with Gasteiger partial charge in [-0.2, -0.15) is 5.10 Å². The minimum Gasteiger partial charge on any atom is -0.265 e. The molecule has 0 bridgehead atoms. The smallest absolute Gasteiger partial charge is 0.265 e. The summed E-state index contributed by atoms with van der Waals surface area (Å²) in [5.74, 6) is -0.362. The summed E-state index contributed by atoms with van der Waals surface area (Å²) in [5.41, 5.74) is 6.50. The van der Waals surface area contributed by atoms with Gasteiger partial charge in [0.25, 0.3) is 5.91 Å². The molecule has 5 heteroatoms. The molecule has 0 aromatic carbocycles. The van der Waals surface area contributed by atoms with Gasteiger partial charge < -0.3 is 0 Å². The van der Waals surface area contributed by atoms with E-state index in [1.54, 1.807) is 0 Å². The number of allylic oxidation sites excluding steroid dienone is 4. The highest BCUT2D eigenvalue weighted by atomic mass is 16.2. The van der Waals surface area contributed by atoms with Crippen molar-refractivity contribution in [2.45, 2.75) is 47.0 Å². The van der Waals surface area contributed by atoms with Gasteiger partial charge in [-0.05, 0) is 50.2 Å². The molecule has 1 amide bonds. The first-order chi connectivity index (χ1) is 10.9. The van der Waals surface area contributed by atoms with E-state index in [1.165, 1.54) is 42.6 Å². The van der Waals surface area contributed by atoms with Gasteiger partial charge in [0.05, 0.1) is 11.9 Å². The summed E-state index contributed by atoms with van der Waals surface area (Å²) < 4.78 is 0. The Hall–Kier alpha value is -2.30. The van der Waals surface area contributed by atoms with Crippen molar-refractivity contribution < 1.29 is 4.79 Å². The van der Waals surface area contributed by atoms with Crippen molar-refractivity contribution in [1.29, 1.82) is 0 Å². The van der Waals surface area contributed by atoms with Gasteiger partial charge >= 0.3 is 0 Å². The Kier molecular flexibility index (Phi) is 5.42. The van der Waals surface area contributed by atoms with Gasteiger partial charge in [0.1, 0.15) is 5.69 Å². The third kappa shape index (κ3) is 4.58. The van der Waals surface area contributed by atoms with Crippen molar-refractivity contribution in [2.24, 2.45) is 10.5 Å². The Balaban J connectivity index is 2.03. The van der Waals surface area contributed by atoms with Gasteiger partial charge in [0.15, 0.2) is 0 Å². The van der Waals surface area contributed by atoms with Gasteiger partial charge in [-0.25, -0.2) is 10.4 Å². The van der Waals surface area contributed by atoms with Crippen LogP contribution in [0.3, 0.4) is 0 Å². The van der Waals surface area contributed by atoms with E-state index in [0.29, 0.717) is 0 Å². The standard InChI is InChI=1S/C18H24N4O/c1-13-6-5-9-18(3,4)15(13)8-7-14(2)21-22-17(23)16-12-19-10-11-20-16/h7-8,10-12H,5-6,9H2,1-4H3,(H,22,23)/b8-7-,21-14?. The van der Waals surface area contributed by atoms with Gasteiger partial charge in [-0.1, -0.05) is 25.5 Å². The Morgan fingerprint density at radius 3 is 2.83 bits per heavy atom. The first-order valence-corrected chi connectivity index (χ1v) is 7.89. The lowest BCUT2D eigenvalue weighted by Gasteiger charge is -2.32. The van der Waals surface area contributed by atoms with Gasteiger partial charge in [-0.15, -0.1) is 0 Å². The number of carbonyl (C=O) groups is 1. The summed E-state index contributed by atoms with van der Waals surface area (Å²) in [4.78, 5) is 19.7. The van der Waals surface area contributed by atoms with Crippen molar-refractivity contribution >= 4 is 11.6 Å². The van der Waals surface area contributed by atoms with Crippen LogP contribution in [0, 0.1) is 5.41 Å². The number of hydrogen-bond acceptors (Lipinski definition) is 4. The van der Waals surface area contributed by atoms with Crippen molar-refractivity contribution in [3.05, 3.63) is 47.6 Å². The molecule has 0 fully saturated rings. The molecule has 0 saturated carbocycles. The first kappa shape index (κ1) is 17.1. The molecule has 1 aliphatic carbocycles. The number of amides is 1. The number of nitrogens with one attached hydrogen (secondary N) is 1. The molecule has 0 atom stereocenters. The molecule has 0 radical (unpaired) electrons. The van der Waals surface area contributed by atoms with Crippen LogP contribution in [-0.2, 0) is 0 Å². The van der Waals surface area contributed by atoms with Crippen molar-refractivity contribution in [3.8, 4) is 0 Å². The molecule has 0 spiro atoms.